The second-order valence-corrected chi connectivity index (χ2v) is 5.15. The molecule has 0 spiro atoms. The summed E-state index contributed by atoms with van der Waals surface area (Å²) in [4.78, 5) is 11.8. The number of nitrogens with one attached hydrogen (secondary N) is 1. The molecule has 0 aliphatic heterocycles. The number of nitrogens with zero attached hydrogens (tertiary/aromatic N) is 1. The van der Waals surface area contributed by atoms with Gasteiger partial charge in [-0.3, -0.25) is 4.79 Å². The fourth-order valence-electron chi connectivity index (χ4n) is 2.02. The van der Waals surface area contributed by atoms with Crippen LogP contribution in [0.25, 0.3) is 0 Å². The Hall–Kier alpha value is -1.57. The van der Waals surface area contributed by atoms with Gasteiger partial charge in [0.2, 0.25) is 5.91 Å². The maximum absolute atomic E-state index is 11.8. The van der Waals surface area contributed by atoms with E-state index in [4.69, 9.17) is 22.6 Å². The van der Waals surface area contributed by atoms with E-state index in [2.05, 4.69) is 5.32 Å². The van der Waals surface area contributed by atoms with Crippen LogP contribution in [0.2, 0.25) is 5.02 Å². The minimum absolute atomic E-state index is 0.113. The SMILES string of the molecule is N#Cc1ccc(NC(=O)CC2(N)CCC2)cc1Cl. The normalized spacial score (nSPS) is 16.5. The molecule has 0 atom stereocenters. The molecule has 1 saturated carbocycles. The zero-order chi connectivity index (χ0) is 13.2. The molecule has 1 aliphatic carbocycles. The van der Waals surface area contributed by atoms with Gasteiger partial charge in [0.25, 0.3) is 0 Å². The first kappa shape index (κ1) is 12.9. The van der Waals surface area contributed by atoms with E-state index in [0.29, 0.717) is 22.7 Å². The quantitative estimate of drug-likeness (QED) is 0.879. The van der Waals surface area contributed by atoms with Crippen molar-refractivity contribution in [1.82, 2.24) is 0 Å². The van der Waals surface area contributed by atoms with Gasteiger partial charge >= 0.3 is 0 Å². The summed E-state index contributed by atoms with van der Waals surface area (Å²) in [5, 5.41) is 11.8. The monoisotopic (exact) mass is 263 g/mol. The Labute approximate surface area is 111 Å². The smallest absolute Gasteiger partial charge is 0.226 e. The van der Waals surface area contributed by atoms with Gasteiger partial charge in [-0.15, -0.1) is 0 Å². The number of hydrogen-bond acceptors (Lipinski definition) is 3. The standard InChI is InChI=1S/C13H14ClN3O/c14-11-6-10(3-2-9(11)8-15)17-12(18)7-13(16)4-1-5-13/h2-3,6H,1,4-5,7,16H2,(H,17,18). The molecule has 0 aromatic heterocycles. The fourth-order valence-corrected chi connectivity index (χ4v) is 2.24. The van der Waals surface area contributed by atoms with Crippen LogP contribution in [0.4, 0.5) is 5.69 Å². The fraction of sp³-hybridized carbons (Fsp3) is 0.385. The molecule has 0 saturated heterocycles. The second kappa shape index (κ2) is 4.97. The highest BCUT2D eigenvalue weighted by Crippen LogP contribution is 2.32. The molecule has 0 unspecified atom stereocenters. The molecular formula is C13H14ClN3O. The Morgan fingerprint density at radius 1 is 1.56 bits per heavy atom. The van der Waals surface area contributed by atoms with E-state index in [9.17, 15) is 4.79 Å². The largest absolute Gasteiger partial charge is 0.326 e. The molecular weight excluding hydrogens is 250 g/mol. The van der Waals surface area contributed by atoms with Crippen molar-refractivity contribution >= 4 is 23.2 Å². The summed E-state index contributed by atoms with van der Waals surface area (Å²) in [6, 6.07) is 6.78. The van der Waals surface area contributed by atoms with Crippen molar-refractivity contribution < 1.29 is 4.79 Å². The Balaban J connectivity index is 1.99. The van der Waals surface area contributed by atoms with Crippen molar-refractivity contribution in [3.63, 3.8) is 0 Å². The van der Waals surface area contributed by atoms with Crippen LogP contribution in [0.3, 0.4) is 0 Å². The molecule has 0 radical (unpaired) electrons. The van der Waals surface area contributed by atoms with Gasteiger partial charge in [-0.25, -0.2) is 0 Å². The average Bonchev–Trinajstić information content (AvgIpc) is 2.27. The molecule has 5 heteroatoms. The summed E-state index contributed by atoms with van der Waals surface area (Å²) in [6.45, 7) is 0. The van der Waals surface area contributed by atoms with Gasteiger partial charge in [0.05, 0.1) is 10.6 Å². The number of hydrogen-bond donors (Lipinski definition) is 2. The maximum atomic E-state index is 11.8. The van der Waals surface area contributed by atoms with Crippen LogP contribution in [0.5, 0.6) is 0 Å². The number of nitriles is 1. The summed E-state index contributed by atoms with van der Waals surface area (Å²) in [5.41, 5.74) is 6.65. The van der Waals surface area contributed by atoms with Crippen molar-refractivity contribution in [2.75, 3.05) is 5.32 Å². The Bertz CT molecular complexity index is 517. The van der Waals surface area contributed by atoms with Crippen molar-refractivity contribution in [3.8, 4) is 6.07 Å². The van der Waals surface area contributed by atoms with Gasteiger partial charge in [-0.1, -0.05) is 11.6 Å². The predicted octanol–water partition coefficient (Wildman–Crippen LogP) is 2.42. The highest BCUT2D eigenvalue weighted by molar-refractivity contribution is 6.32. The molecule has 4 nitrogen and oxygen atoms in total. The number of benzene rings is 1. The third-order valence-electron chi connectivity index (χ3n) is 3.24. The van der Waals surface area contributed by atoms with E-state index in [-0.39, 0.29) is 11.4 Å². The van der Waals surface area contributed by atoms with Crippen LogP contribution in [0, 0.1) is 11.3 Å². The van der Waals surface area contributed by atoms with Gasteiger partial charge in [0.1, 0.15) is 6.07 Å². The first-order chi connectivity index (χ1) is 8.52. The van der Waals surface area contributed by atoms with Crippen molar-refractivity contribution in [3.05, 3.63) is 28.8 Å². The van der Waals surface area contributed by atoms with Crippen molar-refractivity contribution in [1.29, 1.82) is 5.26 Å². The number of carbonyl (C=O) groups excluding carboxylic acids is 1. The van der Waals surface area contributed by atoms with E-state index in [1.165, 1.54) is 0 Å². The lowest BCUT2D eigenvalue weighted by molar-refractivity contribution is -0.118. The first-order valence-corrected chi connectivity index (χ1v) is 6.19. The van der Waals surface area contributed by atoms with Crippen molar-refractivity contribution in [2.45, 2.75) is 31.2 Å². The van der Waals surface area contributed by atoms with Crippen LogP contribution < -0.4 is 11.1 Å². The lowest BCUT2D eigenvalue weighted by Gasteiger charge is -2.37. The molecule has 0 heterocycles. The van der Waals surface area contributed by atoms with Gasteiger partial charge < -0.3 is 11.1 Å². The zero-order valence-electron chi connectivity index (χ0n) is 9.87. The van der Waals surface area contributed by atoms with E-state index >= 15 is 0 Å². The molecule has 1 amide bonds. The lowest BCUT2D eigenvalue weighted by atomic mass is 9.75. The summed E-state index contributed by atoms with van der Waals surface area (Å²) in [6.07, 6.45) is 3.21. The number of halogens is 1. The van der Waals surface area contributed by atoms with Gasteiger partial charge in [0, 0.05) is 17.6 Å². The van der Waals surface area contributed by atoms with Gasteiger partial charge in [0.15, 0.2) is 0 Å². The van der Waals surface area contributed by atoms with Gasteiger partial charge in [-0.2, -0.15) is 5.26 Å². The molecule has 2 rings (SSSR count). The molecule has 1 aromatic rings. The van der Waals surface area contributed by atoms with Crippen LogP contribution in [-0.2, 0) is 4.79 Å². The molecule has 1 aromatic carbocycles. The summed E-state index contributed by atoms with van der Waals surface area (Å²) in [7, 11) is 0. The molecule has 94 valence electrons. The van der Waals surface area contributed by atoms with Crippen LogP contribution in [0.1, 0.15) is 31.2 Å². The number of anilines is 1. The summed E-state index contributed by atoms with van der Waals surface area (Å²) >= 11 is 5.89. The second-order valence-electron chi connectivity index (χ2n) is 4.75. The third kappa shape index (κ3) is 2.81. The molecule has 18 heavy (non-hydrogen) atoms. The average molecular weight is 264 g/mol. The molecule has 0 bridgehead atoms. The van der Waals surface area contributed by atoms with Gasteiger partial charge in [-0.05, 0) is 37.5 Å². The number of nitrogens with two attached hydrogens (primary N) is 1. The number of rotatable bonds is 3. The van der Waals surface area contributed by atoms with Crippen LogP contribution >= 0.6 is 11.6 Å². The topological polar surface area (TPSA) is 78.9 Å². The highest BCUT2D eigenvalue weighted by Gasteiger charge is 2.34. The number of amides is 1. The summed E-state index contributed by atoms with van der Waals surface area (Å²) in [5.74, 6) is -0.113. The minimum Gasteiger partial charge on any atom is -0.326 e. The zero-order valence-corrected chi connectivity index (χ0v) is 10.6. The Morgan fingerprint density at radius 3 is 2.78 bits per heavy atom. The van der Waals surface area contributed by atoms with E-state index in [0.717, 1.165) is 19.3 Å². The Morgan fingerprint density at radius 2 is 2.28 bits per heavy atom. The minimum atomic E-state index is -0.333. The van der Waals surface area contributed by atoms with E-state index in [1.54, 1.807) is 18.2 Å². The number of carbonyl (C=O) groups is 1. The third-order valence-corrected chi connectivity index (χ3v) is 3.55. The molecule has 1 aliphatic rings. The predicted molar refractivity (Wildman–Crippen MR) is 70.2 cm³/mol. The van der Waals surface area contributed by atoms with E-state index < -0.39 is 0 Å². The maximum Gasteiger partial charge on any atom is 0.226 e. The van der Waals surface area contributed by atoms with Crippen LogP contribution in [0.15, 0.2) is 18.2 Å². The van der Waals surface area contributed by atoms with Crippen molar-refractivity contribution in [2.24, 2.45) is 5.73 Å². The van der Waals surface area contributed by atoms with Crippen LogP contribution in [-0.4, -0.2) is 11.4 Å². The lowest BCUT2D eigenvalue weighted by Crippen LogP contribution is -2.48. The van der Waals surface area contributed by atoms with E-state index in [1.807, 2.05) is 6.07 Å². The highest BCUT2D eigenvalue weighted by atomic mass is 35.5. The first-order valence-electron chi connectivity index (χ1n) is 5.81. The summed E-state index contributed by atoms with van der Waals surface area (Å²) < 4.78 is 0. The Kier molecular flexibility index (Phi) is 3.55. The molecule has 1 fully saturated rings. The molecule has 3 N–H and O–H groups in total.